The van der Waals surface area contributed by atoms with E-state index in [1.165, 1.54) is 17.8 Å². The second-order valence-electron chi connectivity index (χ2n) is 8.63. The van der Waals surface area contributed by atoms with Gasteiger partial charge in [-0.05, 0) is 30.9 Å². The number of thiazole rings is 1. The van der Waals surface area contributed by atoms with Crippen LogP contribution in [0, 0.1) is 5.92 Å². The average Bonchev–Trinajstić information content (AvgIpc) is 3.36. The molecular weight excluding hydrogens is 418 g/mol. The highest BCUT2D eigenvalue weighted by molar-refractivity contribution is 7.16. The van der Waals surface area contributed by atoms with Gasteiger partial charge in [-0.25, -0.2) is 9.97 Å². The van der Waals surface area contributed by atoms with E-state index in [9.17, 15) is 4.79 Å². The van der Waals surface area contributed by atoms with E-state index < -0.39 is 0 Å². The van der Waals surface area contributed by atoms with Gasteiger partial charge in [-0.15, -0.1) is 11.3 Å². The molecular formula is C25H29N5OS. The summed E-state index contributed by atoms with van der Waals surface area (Å²) >= 11 is 1.50. The minimum absolute atomic E-state index is 0.134. The highest BCUT2D eigenvalue weighted by Crippen LogP contribution is 2.27. The van der Waals surface area contributed by atoms with Gasteiger partial charge in [0.1, 0.15) is 15.7 Å². The van der Waals surface area contributed by atoms with Crippen molar-refractivity contribution in [2.45, 2.75) is 12.8 Å². The number of hydrogen-bond acceptors (Lipinski definition) is 6. The maximum Gasteiger partial charge on any atom is 0.265 e. The molecule has 5 rings (SSSR count). The van der Waals surface area contributed by atoms with Gasteiger partial charge in [0.05, 0.1) is 6.20 Å². The largest absolute Gasteiger partial charge is 0.354 e. The summed E-state index contributed by atoms with van der Waals surface area (Å²) in [5.74, 6) is 1.74. The lowest BCUT2D eigenvalue weighted by molar-refractivity contribution is 0.0642. The molecule has 0 bridgehead atoms. The van der Waals surface area contributed by atoms with Crippen LogP contribution in [0.15, 0.2) is 60.9 Å². The Bertz CT molecular complexity index is 1020. The number of likely N-dealkylation sites (tertiary alicyclic amines) is 1. The molecule has 2 aliphatic heterocycles. The quantitative estimate of drug-likeness (QED) is 0.594. The lowest BCUT2D eigenvalue weighted by Crippen LogP contribution is -2.50. The number of piperidine rings is 1. The first-order valence-electron chi connectivity index (χ1n) is 11.4. The zero-order valence-corrected chi connectivity index (χ0v) is 19.1. The molecule has 0 spiro atoms. The number of carbonyl (C=O) groups excluding carboxylic acids is 1. The summed E-state index contributed by atoms with van der Waals surface area (Å²) in [7, 11) is 0. The summed E-state index contributed by atoms with van der Waals surface area (Å²) in [5.41, 5.74) is 1.07. The van der Waals surface area contributed by atoms with Crippen molar-refractivity contribution in [2.75, 3.05) is 50.7 Å². The molecule has 0 N–H and O–H groups in total. The maximum atomic E-state index is 13.2. The SMILES string of the molecule is O=C(c1cnc(-c2ccccc2)s1)N1CCCC(CN2CCN(c3ccccn3)CC2)C1. The highest BCUT2D eigenvalue weighted by Gasteiger charge is 2.28. The van der Waals surface area contributed by atoms with Crippen LogP contribution < -0.4 is 4.90 Å². The lowest BCUT2D eigenvalue weighted by atomic mass is 9.97. The van der Waals surface area contributed by atoms with Crippen LogP contribution in [0.1, 0.15) is 22.5 Å². The molecule has 32 heavy (non-hydrogen) atoms. The van der Waals surface area contributed by atoms with Crippen molar-refractivity contribution in [3.05, 3.63) is 65.8 Å². The van der Waals surface area contributed by atoms with E-state index in [0.717, 1.165) is 73.5 Å². The Morgan fingerprint density at radius 3 is 2.56 bits per heavy atom. The Hall–Kier alpha value is -2.77. The summed E-state index contributed by atoms with van der Waals surface area (Å²) in [6.45, 7) is 6.88. The molecule has 0 aliphatic carbocycles. The summed E-state index contributed by atoms with van der Waals surface area (Å²) in [5, 5.41) is 0.910. The van der Waals surface area contributed by atoms with Crippen LogP contribution in [-0.2, 0) is 0 Å². The van der Waals surface area contributed by atoms with Crippen LogP contribution in [0.25, 0.3) is 10.6 Å². The smallest absolute Gasteiger partial charge is 0.265 e. The van der Waals surface area contributed by atoms with Gasteiger partial charge < -0.3 is 9.80 Å². The fourth-order valence-corrected chi connectivity index (χ4v) is 5.60. The van der Waals surface area contributed by atoms with Crippen molar-refractivity contribution in [1.82, 2.24) is 19.8 Å². The van der Waals surface area contributed by atoms with E-state index in [2.05, 4.69) is 25.8 Å². The third kappa shape index (κ3) is 4.84. The number of amides is 1. The molecule has 166 valence electrons. The van der Waals surface area contributed by atoms with Gasteiger partial charge >= 0.3 is 0 Å². The molecule has 1 amide bonds. The number of aromatic nitrogens is 2. The van der Waals surface area contributed by atoms with Crippen molar-refractivity contribution in [1.29, 1.82) is 0 Å². The second kappa shape index (κ2) is 9.79. The van der Waals surface area contributed by atoms with Crippen LogP contribution in [0.4, 0.5) is 5.82 Å². The maximum absolute atomic E-state index is 13.2. The Balaban J connectivity index is 1.15. The second-order valence-corrected chi connectivity index (χ2v) is 9.66. The fourth-order valence-electron chi connectivity index (χ4n) is 4.71. The number of benzene rings is 1. The standard InChI is InChI=1S/C25H29N5OS/c31-25(22-17-27-24(32-22)21-8-2-1-3-9-21)30-12-6-7-20(19-30)18-28-13-15-29(16-14-28)23-10-4-5-11-26-23/h1-5,8-11,17,20H,6-7,12-16,18-19H2. The van der Waals surface area contributed by atoms with Crippen molar-refractivity contribution < 1.29 is 4.79 Å². The minimum Gasteiger partial charge on any atom is -0.354 e. The summed E-state index contributed by atoms with van der Waals surface area (Å²) in [6.07, 6.45) is 5.88. The molecule has 3 aromatic rings. The zero-order chi connectivity index (χ0) is 21.8. The molecule has 0 saturated carbocycles. The molecule has 0 radical (unpaired) electrons. The van der Waals surface area contributed by atoms with Gasteiger partial charge in [0.25, 0.3) is 5.91 Å². The van der Waals surface area contributed by atoms with Crippen molar-refractivity contribution >= 4 is 23.1 Å². The van der Waals surface area contributed by atoms with Crippen LogP contribution >= 0.6 is 11.3 Å². The molecule has 4 heterocycles. The lowest BCUT2D eigenvalue weighted by Gasteiger charge is -2.39. The average molecular weight is 448 g/mol. The van der Waals surface area contributed by atoms with Gasteiger partial charge in [-0.2, -0.15) is 0 Å². The molecule has 2 aliphatic rings. The molecule has 2 fully saturated rings. The first-order valence-corrected chi connectivity index (χ1v) is 12.3. The van der Waals surface area contributed by atoms with Crippen molar-refractivity contribution in [3.63, 3.8) is 0 Å². The van der Waals surface area contributed by atoms with E-state index in [1.807, 2.05) is 53.6 Å². The van der Waals surface area contributed by atoms with E-state index in [-0.39, 0.29) is 5.91 Å². The molecule has 1 atom stereocenters. The Labute approximate surface area is 193 Å². The monoisotopic (exact) mass is 447 g/mol. The Morgan fingerprint density at radius 2 is 1.78 bits per heavy atom. The normalized spacial score (nSPS) is 19.8. The Morgan fingerprint density at radius 1 is 0.969 bits per heavy atom. The number of hydrogen-bond donors (Lipinski definition) is 0. The van der Waals surface area contributed by atoms with E-state index in [4.69, 9.17) is 0 Å². The topological polar surface area (TPSA) is 52.6 Å². The molecule has 2 saturated heterocycles. The minimum atomic E-state index is 0.134. The molecule has 6 nitrogen and oxygen atoms in total. The zero-order valence-electron chi connectivity index (χ0n) is 18.3. The number of nitrogens with zero attached hydrogens (tertiary/aromatic N) is 5. The van der Waals surface area contributed by atoms with Gasteiger partial charge in [0.15, 0.2) is 0 Å². The van der Waals surface area contributed by atoms with Crippen LogP contribution in [-0.4, -0.2) is 71.5 Å². The number of pyridine rings is 1. The predicted molar refractivity (Wildman–Crippen MR) is 129 cm³/mol. The van der Waals surface area contributed by atoms with E-state index in [1.54, 1.807) is 6.20 Å². The van der Waals surface area contributed by atoms with Crippen LogP contribution in [0.3, 0.4) is 0 Å². The van der Waals surface area contributed by atoms with Gasteiger partial charge in [0.2, 0.25) is 0 Å². The van der Waals surface area contributed by atoms with Crippen LogP contribution in [0.2, 0.25) is 0 Å². The number of rotatable bonds is 5. The number of carbonyl (C=O) groups is 1. The summed E-state index contributed by atoms with van der Waals surface area (Å²) in [6, 6.07) is 16.2. The van der Waals surface area contributed by atoms with E-state index in [0.29, 0.717) is 5.92 Å². The first-order chi connectivity index (χ1) is 15.8. The molecule has 7 heteroatoms. The first kappa shape index (κ1) is 21.1. The summed E-state index contributed by atoms with van der Waals surface area (Å²) < 4.78 is 0. The number of piperazine rings is 1. The molecule has 1 unspecified atom stereocenters. The third-order valence-electron chi connectivity index (χ3n) is 6.41. The third-order valence-corrected chi connectivity index (χ3v) is 7.44. The fraction of sp³-hybridized carbons (Fsp3) is 0.400. The van der Waals surface area contributed by atoms with E-state index >= 15 is 0 Å². The van der Waals surface area contributed by atoms with Crippen molar-refractivity contribution in [2.24, 2.45) is 5.92 Å². The Kier molecular flexibility index (Phi) is 6.46. The summed E-state index contributed by atoms with van der Waals surface area (Å²) in [4.78, 5) is 29.8. The predicted octanol–water partition coefficient (Wildman–Crippen LogP) is 3.88. The van der Waals surface area contributed by atoms with Gasteiger partial charge in [0, 0.05) is 57.6 Å². The van der Waals surface area contributed by atoms with Crippen LogP contribution in [0.5, 0.6) is 0 Å². The van der Waals surface area contributed by atoms with Gasteiger partial charge in [-0.3, -0.25) is 9.69 Å². The number of anilines is 1. The molecule has 1 aromatic carbocycles. The van der Waals surface area contributed by atoms with Crippen molar-refractivity contribution in [3.8, 4) is 10.6 Å². The molecule has 2 aromatic heterocycles. The highest BCUT2D eigenvalue weighted by atomic mass is 32.1. The van der Waals surface area contributed by atoms with Gasteiger partial charge in [-0.1, -0.05) is 36.4 Å².